The van der Waals surface area contributed by atoms with E-state index in [9.17, 15) is 13.2 Å². The van der Waals surface area contributed by atoms with Crippen molar-refractivity contribution < 1.29 is 13.2 Å². The first-order valence-corrected chi connectivity index (χ1v) is 11.6. The van der Waals surface area contributed by atoms with Crippen LogP contribution in [-0.2, 0) is 15.3 Å². The van der Waals surface area contributed by atoms with E-state index in [1.165, 1.54) is 12.1 Å². The molecule has 1 amide bonds. The van der Waals surface area contributed by atoms with Gasteiger partial charge in [0.2, 0.25) is 0 Å². The predicted octanol–water partition coefficient (Wildman–Crippen LogP) is 3.31. The summed E-state index contributed by atoms with van der Waals surface area (Å²) in [6, 6.07) is 13.9. The molecule has 0 heterocycles. The van der Waals surface area contributed by atoms with Gasteiger partial charge in [-0.1, -0.05) is 23.7 Å². The second-order valence-electron chi connectivity index (χ2n) is 7.54. The third-order valence-electron chi connectivity index (χ3n) is 5.65. The summed E-state index contributed by atoms with van der Waals surface area (Å²) in [5.74, 6) is -0.187. The Kier molecular flexibility index (Phi) is 6.12. The summed E-state index contributed by atoms with van der Waals surface area (Å²) < 4.78 is 23.1. The highest BCUT2D eigenvalue weighted by atomic mass is 35.5. The quantitative estimate of drug-likeness (QED) is 0.776. The smallest absolute Gasteiger partial charge is 0.251 e. The molecule has 0 saturated heterocycles. The number of benzene rings is 2. The van der Waals surface area contributed by atoms with Crippen LogP contribution in [0.15, 0.2) is 53.4 Å². The Morgan fingerprint density at radius 3 is 2.36 bits per heavy atom. The van der Waals surface area contributed by atoms with Crippen LogP contribution < -0.4 is 11.1 Å². The van der Waals surface area contributed by atoms with Crippen LogP contribution in [-0.4, -0.2) is 33.2 Å². The van der Waals surface area contributed by atoms with Crippen molar-refractivity contribution in [3.05, 3.63) is 64.7 Å². The maximum Gasteiger partial charge on any atom is 0.251 e. The van der Waals surface area contributed by atoms with Gasteiger partial charge in [0.25, 0.3) is 5.91 Å². The zero-order valence-corrected chi connectivity index (χ0v) is 17.4. The summed E-state index contributed by atoms with van der Waals surface area (Å²) in [6.07, 6.45) is 4.56. The lowest BCUT2D eigenvalue weighted by Gasteiger charge is -2.40. The first-order chi connectivity index (χ1) is 13.2. The molecule has 0 bridgehead atoms. The maximum absolute atomic E-state index is 12.5. The van der Waals surface area contributed by atoms with Crippen LogP contribution in [0, 0.1) is 0 Å². The van der Waals surface area contributed by atoms with E-state index < -0.39 is 9.84 Å². The molecule has 0 atom stereocenters. The van der Waals surface area contributed by atoms with E-state index in [4.69, 9.17) is 17.3 Å². The first kappa shape index (κ1) is 20.8. The van der Waals surface area contributed by atoms with Gasteiger partial charge < -0.3 is 11.1 Å². The van der Waals surface area contributed by atoms with Crippen molar-refractivity contribution in [2.75, 3.05) is 12.8 Å². The molecule has 0 spiro atoms. The molecule has 2 aromatic rings. The van der Waals surface area contributed by atoms with Crippen molar-refractivity contribution in [3.8, 4) is 0 Å². The van der Waals surface area contributed by atoms with E-state index >= 15 is 0 Å². The highest BCUT2D eigenvalue weighted by Crippen LogP contribution is 2.39. The predicted molar refractivity (Wildman–Crippen MR) is 111 cm³/mol. The third-order valence-corrected chi connectivity index (χ3v) is 7.01. The summed E-state index contributed by atoms with van der Waals surface area (Å²) in [7, 11) is -3.27. The molecular weight excluding hydrogens is 396 g/mol. The van der Waals surface area contributed by atoms with Gasteiger partial charge in [-0.15, -0.1) is 0 Å². The highest BCUT2D eigenvalue weighted by molar-refractivity contribution is 7.90. The number of halogens is 1. The summed E-state index contributed by atoms with van der Waals surface area (Å²) in [5.41, 5.74) is 7.63. The molecule has 0 unspecified atom stereocenters. The number of nitrogens with one attached hydrogen (secondary N) is 1. The number of hydrogen-bond acceptors (Lipinski definition) is 4. The topological polar surface area (TPSA) is 89.3 Å². The van der Waals surface area contributed by atoms with Crippen molar-refractivity contribution in [2.24, 2.45) is 5.73 Å². The lowest BCUT2D eigenvalue weighted by atomic mass is 9.68. The Bertz CT molecular complexity index is 950. The molecule has 5 nitrogen and oxygen atoms in total. The molecule has 150 valence electrons. The Morgan fingerprint density at radius 1 is 1.18 bits per heavy atom. The van der Waals surface area contributed by atoms with Crippen LogP contribution in [0.4, 0.5) is 0 Å². The molecule has 0 aliphatic heterocycles. The van der Waals surface area contributed by atoms with Crippen LogP contribution >= 0.6 is 11.6 Å². The monoisotopic (exact) mass is 420 g/mol. The fourth-order valence-corrected chi connectivity index (χ4v) is 4.69. The van der Waals surface area contributed by atoms with Crippen LogP contribution in [0.3, 0.4) is 0 Å². The Balaban J connectivity index is 1.64. The van der Waals surface area contributed by atoms with Crippen LogP contribution in [0.1, 0.15) is 41.6 Å². The van der Waals surface area contributed by atoms with Crippen LogP contribution in [0.25, 0.3) is 0 Å². The van der Waals surface area contributed by atoms with Gasteiger partial charge >= 0.3 is 0 Å². The molecule has 1 fully saturated rings. The van der Waals surface area contributed by atoms with Gasteiger partial charge in [-0.3, -0.25) is 4.79 Å². The van der Waals surface area contributed by atoms with Gasteiger partial charge in [-0.2, -0.15) is 0 Å². The summed E-state index contributed by atoms with van der Waals surface area (Å²) >= 11 is 6.15. The summed E-state index contributed by atoms with van der Waals surface area (Å²) in [4.78, 5) is 12.7. The molecule has 28 heavy (non-hydrogen) atoms. The van der Waals surface area contributed by atoms with Crippen molar-refractivity contribution in [2.45, 2.75) is 42.0 Å². The van der Waals surface area contributed by atoms with E-state index in [1.807, 2.05) is 18.2 Å². The summed E-state index contributed by atoms with van der Waals surface area (Å²) in [6.45, 7) is 0.543. The number of hydrogen-bond donors (Lipinski definition) is 2. The Morgan fingerprint density at radius 2 is 1.82 bits per heavy atom. The zero-order valence-electron chi connectivity index (χ0n) is 15.8. The molecule has 1 aliphatic rings. The molecule has 2 aromatic carbocycles. The number of rotatable bonds is 5. The standard InChI is InChI=1S/C21H25ClN2O3S/c1-28(26,27)19-7-5-15(6-8-19)20(25)24-18-9-11-21(14-23,12-10-18)16-3-2-4-17(22)13-16/h2-8,13,18H,9-12,14,23H2,1H3,(H,24,25). The van der Waals surface area contributed by atoms with Gasteiger partial charge in [0.05, 0.1) is 4.90 Å². The minimum atomic E-state index is -3.27. The van der Waals surface area contributed by atoms with Crippen molar-refractivity contribution in [1.82, 2.24) is 5.32 Å². The largest absolute Gasteiger partial charge is 0.349 e. The molecule has 3 N–H and O–H groups in total. The normalized spacial score (nSPS) is 22.6. The van der Waals surface area contributed by atoms with Gasteiger partial charge in [0, 0.05) is 34.8 Å². The average molecular weight is 421 g/mol. The summed E-state index contributed by atoms with van der Waals surface area (Å²) in [5, 5.41) is 3.77. The molecule has 1 aliphatic carbocycles. The average Bonchev–Trinajstić information content (AvgIpc) is 2.68. The highest BCUT2D eigenvalue weighted by Gasteiger charge is 2.36. The van der Waals surface area contributed by atoms with E-state index in [2.05, 4.69) is 11.4 Å². The molecular formula is C21H25ClN2O3S. The van der Waals surface area contributed by atoms with E-state index in [0.29, 0.717) is 17.1 Å². The van der Waals surface area contributed by atoms with Crippen molar-refractivity contribution >= 4 is 27.3 Å². The van der Waals surface area contributed by atoms with Gasteiger partial charge in [-0.25, -0.2) is 8.42 Å². The van der Waals surface area contributed by atoms with E-state index in [-0.39, 0.29) is 22.3 Å². The minimum Gasteiger partial charge on any atom is -0.349 e. The fraction of sp³-hybridized carbons (Fsp3) is 0.381. The molecule has 7 heteroatoms. The first-order valence-electron chi connectivity index (χ1n) is 9.31. The van der Waals surface area contributed by atoms with Gasteiger partial charge in [-0.05, 0) is 67.6 Å². The van der Waals surface area contributed by atoms with Crippen molar-refractivity contribution in [3.63, 3.8) is 0 Å². The molecule has 0 radical (unpaired) electrons. The Labute approximate surface area is 171 Å². The van der Waals surface area contributed by atoms with Crippen LogP contribution in [0.2, 0.25) is 5.02 Å². The minimum absolute atomic E-state index is 0.0703. The van der Waals surface area contributed by atoms with Crippen molar-refractivity contribution in [1.29, 1.82) is 0 Å². The van der Waals surface area contributed by atoms with Crippen LogP contribution in [0.5, 0.6) is 0 Å². The third kappa shape index (κ3) is 4.57. The number of sulfone groups is 1. The van der Waals surface area contributed by atoms with Gasteiger partial charge in [0.15, 0.2) is 9.84 Å². The molecule has 1 saturated carbocycles. The molecule has 0 aromatic heterocycles. The Hall–Kier alpha value is -1.89. The lowest BCUT2D eigenvalue weighted by Crippen LogP contribution is -2.45. The molecule has 3 rings (SSSR count). The number of amides is 1. The SMILES string of the molecule is CS(=O)(=O)c1ccc(C(=O)NC2CCC(CN)(c3cccc(Cl)c3)CC2)cc1. The number of nitrogens with two attached hydrogens (primary N) is 1. The number of carbonyl (C=O) groups excluding carboxylic acids is 1. The fourth-order valence-electron chi connectivity index (χ4n) is 3.87. The second kappa shape index (κ2) is 8.23. The zero-order chi connectivity index (χ0) is 20.4. The van der Waals surface area contributed by atoms with Gasteiger partial charge in [0.1, 0.15) is 0 Å². The van der Waals surface area contributed by atoms with E-state index in [0.717, 1.165) is 37.5 Å². The number of carbonyl (C=O) groups is 1. The maximum atomic E-state index is 12.5. The van der Waals surface area contributed by atoms with E-state index in [1.54, 1.807) is 12.1 Å². The lowest BCUT2D eigenvalue weighted by molar-refractivity contribution is 0.0918. The second-order valence-corrected chi connectivity index (χ2v) is 9.99.